The molecular formula is C22H24F2N6O3. The second-order valence-corrected chi connectivity index (χ2v) is 7.86. The Morgan fingerprint density at radius 2 is 1.91 bits per heavy atom. The van der Waals surface area contributed by atoms with Crippen LogP contribution < -0.4 is 21.5 Å². The lowest BCUT2D eigenvalue weighted by Gasteiger charge is -2.36. The standard InChI is InChI=1S/C22H24F2N6O3/c1-25-20(31)17-5-3-15(11-26-17)29-8-6-28(7-9-29)12-14-2-4-16-18(10-14)27-22(33)30(21(16)32)13-19(23)24/h2-5,10-11,19H,6-9,12-13H2,1H3,(H,25,31)(H,27,33). The van der Waals surface area contributed by atoms with E-state index < -0.39 is 24.2 Å². The predicted molar refractivity (Wildman–Crippen MR) is 120 cm³/mol. The number of alkyl halides is 2. The molecule has 4 rings (SSSR count). The maximum Gasteiger partial charge on any atom is 0.329 e. The molecule has 0 unspecified atom stereocenters. The van der Waals surface area contributed by atoms with Crippen molar-refractivity contribution >= 4 is 22.5 Å². The van der Waals surface area contributed by atoms with E-state index in [4.69, 9.17) is 0 Å². The molecule has 0 bridgehead atoms. The van der Waals surface area contributed by atoms with Crippen LogP contribution in [0.3, 0.4) is 0 Å². The van der Waals surface area contributed by atoms with Gasteiger partial charge >= 0.3 is 5.69 Å². The highest BCUT2D eigenvalue weighted by Gasteiger charge is 2.19. The number of nitrogens with zero attached hydrogens (tertiary/aromatic N) is 4. The van der Waals surface area contributed by atoms with E-state index in [0.29, 0.717) is 22.3 Å². The van der Waals surface area contributed by atoms with E-state index in [1.807, 2.05) is 6.07 Å². The number of halogens is 2. The smallest absolute Gasteiger partial charge is 0.329 e. The maximum atomic E-state index is 12.7. The topological polar surface area (TPSA) is 103 Å². The fourth-order valence-electron chi connectivity index (χ4n) is 3.96. The molecule has 1 aliphatic heterocycles. The molecule has 3 heterocycles. The number of amides is 1. The predicted octanol–water partition coefficient (Wildman–Crippen LogP) is 1.03. The molecule has 1 amide bonds. The van der Waals surface area contributed by atoms with Gasteiger partial charge in [0.25, 0.3) is 17.9 Å². The quantitative estimate of drug-likeness (QED) is 0.572. The summed E-state index contributed by atoms with van der Waals surface area (Å²) in [6.45, 7) is 2.84. The second kappa shape index (κ2) is 9.49. The average molecular weight is 458 g/mol. The van der Waals surface area contributed by atoms with E-state index in [9.17, 15) is 23.2 Å². The monoisotopic (exact) mass is 458 g/mol. The van der Waals surface area contributed by atoms with Crippen LogP contribution in [0.4, 0.5) is 14.5 Å². The molecule has 2 aromatic heterocycles. The fraction of sp³-hybridized carbons (Fsp3) is 0.364. The van der Waals surface area contributed by atoms with Gasteiger partial charge in [0.1, 0.15) is 5.69 Å². The van der Waals surface area contributed by atoms with Crippen LogP contribution in [0.5, 0.6) is 0 Å². The summed E-state index contributed by atoms with van der Waals surface area (Å²) in [4.78, 5) is 47.3. The molecular weight excluding hydrogens is 434 g/mol. The first kappa shape index (κ1) is 22.6. The lowest BCUT2D eigenvalue weighted by molar-refractivity contribution is 0.0958. The number of aromatic nitrogens is 3. The minimum absolute atomic E-state index is 0.205. The van der Waals surface area contributed by atoms with Gasteiger partial charge in [-0.3, -0.25) is 19.1 Å². The Kier molecular flexibility index (Phi) is 6.50. The Balaban J connectivity index is 1.42. The van der Waals surface area contributed by atoms with Crippen molar-refractivity contribution in [2.24, 2.45) is 0 Å². The highest BCUT2D eigenvalue weighted by molar-refractivity contribution is 5.92. The summed E-state index contributed by atoms with van der Waals surface area (Å²) >= 11 is 0. The van der Waals surface area contributed by atoms with Crippen LogP contribution in [-0.2, 0) is 13.1 Å². The summed E-state index contributed by atoms with van der Waals surface area (Å²) in [7, 11) is 1.56. The zero-order valence-corrected chi connectivity index (χ0v) is 18.1. The molecule has 3 aromatic rings. The number of benzene rings is 1. The average Bonchev–Trinajstić information content (AvgIpc) is 2.81. The Morgan fingerprint density at radius 3 is 2.55 bits per heavy atom. The number of nitrogens with one attached hydrogen (secondary N) is 2. The van der Waals surface area contributed by atoms with E-state index in [0.717, 1.165) is 37.4 Å². The maximum absolute atomic E-state index is 12.7. The molecule has 174 valence electrons. The van der Waals surface area contributed by atoms with Crippen LogP contribution in [0.1, 0.15) is 16.1 Å². The highest BCUT2D eigenvalue weighted by Crippen LogP contribution is 2.18. The van der Waals surface area contributed by atoms with E-state index in [1.54, 1.807) is 37.5 Å². The number of fused-ring (bicyclic) bond motifs is 1. The van der Waals surface area contributed by atoms with E-state index in [1.165, 1.54) is 0 Å². The van der Waals surface area contributed by atoms with Crippen molar-refractivity contribution in [3.8, 4) is 0 Å². The highest BCUT2D eigenvalue weighted by atomic mass is 19.3. The lowest BCUT2D eigenvalue weighted by atomic mass is 10.1. The summed E-state index contributed by atoms with van der Waals surface area (Å²) < 4.78 is 25.9. The third-order valence-electron chi connectivity index (χ3n) is 5.72. The number of rotatable bonds is 6. The molecule has 9 nitrogen and oxygen atoms in total. The van der Waals surface area contributed by atoms with Gasteiger partial charge in [-0.05, 0) is 29.8 Å². The van der Waals surface area contributed by atoms with E-state index in [-0.39, 0.29) is 11.3 Å². The molecule has 2 N–H and O–H groups in total. The van der Waals surface area contributed by atoms with Gasteiger partial charge in [-0.25, -0.2) is 18.6 Å². The van der Waals surface area contributed by atoms with Gasteiger partial charge < -0.3 is 15.2 Å². The third-order valence-corrected chi connectivity index (χ3v) is 5.72. The number of pyridine rings is 1. The third kappa shape index (κ3) is 4.92. The zero-order valence-electron chi connectivity index (χ0n) is 18.1. The Morgan fingerprint density at radius 1 is 1.15 bits per heavy atom. The fourth-order valence-corrected chi connectivity index (χ4v) is 3.96. The molecule has 0 saturated carbocycles. The summed E-state index contributed by atoms with van der Waals surface area (Å²) in [6, 6.07) is 8.65. The number of piperazine rings is 1. The lowest BCUT2D eigenvalue weighted by Crippen LogP contribution is -2.46. The Bertz CT molecular complexity index is 1260. The van der Waals surface area contributed by atoms with Crippen molar-refractivity contribution in [3.05, 3.63) is 68.6 Å². The zero-order chi connectivity index (χ0) is 23.5. The molecule has 0 aliphatic carbocycles. The van der Waals surface area contributed by atoms with Crippen LogP contribution in [0.25, 0.3) is 10.9 Å². The largest absolute Gasteiger partial charge is 0.368 e. The summed E-state index contributed by atoms with van der Waals surface area (Å²) in [6.07, 6.45) is -1.09. The van der Waals surface area contributed by atoms with Crippen molar-refractivity contribution in [1.82, 2.24) is 24.8 Å². The number of H-pyrrole nitrogens is 1. The first-order valence-electron chi connectivity index (χ1n) is 10.5. The van der Waals surface area contributed by atoms with Gasteiger partial charge in [0.05, 0.1) is 29.3 Å². The van der Waals surface area contributed by atoms with Crippen molar-refractivity contribution in [2.75, 3.05) is 38.1 Å². The summed E-state index contributed by atoms with van der Waals surface area (Å²) in [5.74, 6) is -0.226. The van der Waals surface area contributed by atoms with Crippen LogP contribution in [-0.4, -0.2) is 65.0 Å². The normalized spacial score (nSPS) is 14.7. The molecule has 0 radical (unpaired) electrons. The van der Waals surface area contributed by atoms with Gasteiger partial charge in [-0.1, -0.05) is 6.07 Å². The Labute approximate surface area is 187 Å². The minimum atomic E-state index is -2.79. The number of anilines is 1. The molecule has 1 fully saturated rings. The minimum Gasteiger partial charge on any atom is -0.368 e. The number of aromatic amines is 1. The van der Waals surface area contributed by atoms with Crippen LogP contribution in [0, 0.1) is 0 Å². The first-order valence-corrected chi connectivity index (χ1v) is 10.5. The van der Waals surface area contributed by atoms with Crippen LogP contribution in [0.2, 0.25) is 0 Å². The number of carbonyl (C=O) groups excluding carboxylic acids is 1. The first-order chi connectivity index (χ1) is 15.9. The molecule has 1 saturated heterocycles. The summed E-state index contributed by atoms with van der Waals surface area (Å²) in [5.41, 5.74) is 1.02. The van der Waals surface area contributed by atoms with Gasteiger partial charge in [-0.2, -0.15) is 0 Å². The molecule has 0 spiro atoms. The second-order valence-electron chi connectivity index (χ2n) is 7.86. The molecule has 0 atom stereocenters. The van der Waals surface area contributed by atoms with E-state index in [2.05, 4.69) is 25.1 Å². The molecule has 1 aliphatic rings. The van der Waals surface area contributed by atoms with Gasteiger partial charge in [0, 0.05) is 39.8 Å². The van der Waals surface area contributed by atoms with Crippen molar-refractivity contribution in [3.63, 3.8) is 0 Å². The number of hydrogen-bond donors (Lipinski definition) is 2. The SMILES string of the molecule is CNC(=O)c1ccc(N2CCN(Cc3ccc4c(=O)n(CC(F)F)c(=O)[nH]c4c3)CC2)cn1. The van der Waals surface area contributed by atoms with Crippen LogP contribution >= 0.6 is 0 Å². The van der Waals surface area contributed by atoms with Gasteiger partial charge in [0.15, 0.2) is 0 Å². The molecule has 1 aromatic carbocycles. The van der Waals surface area contributed by atoms with Crippen LogP contribution in [0.15, 0.2) is 46.1 Å². The number of carbonyl (C=O) groups is 1. The molecule has 33 heavy (non-hydrogen) atoms. The van der Waals surface area contributed by atoms with Crippen molar-refractivity contribution < 1.29 is 13.6 Å². The summed E-state index contributed by atoms with van der Waals surface area (Å²) in [5, 5.41) is 2.75. The van der Waals surface area contributed by atoms with Gasteiger partial charge in [0.2, 0.25) is 0 Å². The van der Waals surface area contributed by atoms with E-state index >= 15 is 0 Å². The number of hydrogen-bond acceptors (Lipinski definition) is 6. The van der Waals surface area contributed by atoms with Crippen molar-refractivity contribution in [2.45, 2.75) is 19.5 Å². The Hall–Kier alpha value is -3.60. The van der Waals surface area contributed by atoms with Gasteiger partial charge in [-0.15, -0.1) is 0 Å². The molecule has 11 heteroatoms. The van der Waals surface area contributed by atoms with Crippen molar-refractivity contribution in [1.29, 1.82) is 0 Å².